The molecule has 0 aliphatic heterocycles. The second-order valence-electron chi connectivity index (χ2n) is 5.43. The lowest BCUT2D eigenvalue weighted by Gasteiger charge is -2.09. The average Bonchev–Trinajstić information content (AvgIpc) is 2.92. The van der Waals surface area contributed by atoms with Gasteiger partial charge in [-0.05, 0) is 37.1 Å². The number of oxazole rings is 1. The van der Waals surface area contributed by atoms with Crippen LogP contribution in [0.4, 0.5) is 0 Å². The van der Waals surface area contributed by atoms with Gasteiger partial charge in [0.05, 0.1) is 11.3 Å². The fourth-order valence-corrected chi connectivity index (χ4v) is 3.53. The predicted molar refractivity (Wildman–Crippen MR) is 93.9 cm³/mol. The third-order valence-electron chi connectivity index (χ3n) is 3.47. The second kappa shape index (κ2) is 6.45. The highest BCUT2D eigenvalue weighted by molar-refractivity contribution is 7.87. The van der Waals surface area contributed by atoms with Gasteiger partial charge in [-0.2, -0.15) is 8.42 Å². The molecule has 5 nitrogen and oxygen atoms in total. The van der Waals surface area contributed by atoms with E-state index in [1.165, 1.54) is 6.07 Å². The predicted octanol–water partition coefficient (Wildman–Crippen LogP) is 4.58. The van der Waals surface area contributed by atoms with Crippen molar-refractivity contribution in [2.24, 2.45) is 0 Å². The summed E-state index contributed by atoms with van der Waals surface area (Å²) in [5, 5.41) is 0.368. The van der Waals surface area contributed by atoms with Crippen molar-refractivity contribution in [2.75, 3.05) is 5.75 Å². The Morgan fingerprint density at radius 1 is 1.25 bits per heavy atom. The van der Waals surface area contributed by atoms with Crippen LogP contribution in [0.15, 0.2) is 40.8 Å². The largest absolute Gasteiger partial charge is 0.436 e. The Morgan fingerprint density at radius 3 is 2.75 bits per heavy atom. The topological polar surface area (TPSA) is 69.4 Å². The molecule has 1 heterocycles. The van der Waals surface area contributed by atoms with Crippen LogP contribution >= 0.6 is 11.6 Å². The first-order valence-electron chi connectivity index (χ1n) is 7.48. The van der Waals surface area contributed by atoms with Crippen LogP contribution in [0.5, 0.6) is 5.75 Å². The van der Waals surface area contributed by atoms with Crippen molar-refractivity contribution in [1.82, 2.24) is 4.98 Å². The summed E-state index contributed by atoms with van der Waals surface area (Å²) in [6, 6.07) is 10.3. The molecule has 3 rings (SSSR count). The van der Waals surface area contributed by atoms with Crippen LogP contribution in [-0.2, 0) is 10.1 Å². The zero-order valence-corrected chi connectivity index (χ0v) is 14.8. The molecular formula is C17H16ClNO4S. The smallest absolute Gasteiger partial charge is 0.309 e. The highest BCUT2D eigenvalue weighted by Gasteiger charge is 2.19. The lowest BCUT2D eigenvalue weighted by atomic mass is 10.2. The molecule has 0 unspecified atom stereocenters. The first-order chi connectivity index (χ1) is 11.4. The van der Waals surface area contributed by atoms with E-state index >= 15 is 0 Å². The number of hydrogen-bond donors (Lipinski definition) is 0. The zero-order valence-electron chi connectivity index (χ0n) is 13.2. The number of aryl methyl sites for hydroxylation is 1. The maximum Gasteiger partial charge on any atom is 0.309 e. The number of fused-ring (bicyclic) bond motifs is 1. The van der Waals surface area contributed by atoms with Crippen molar-refractivity contribution in [3.8, 4) is 17.2 Å². The van der Waals surface area contributed by atoms with E-state index < -0.39 is 10.1 Å². The van der Waals surface area contributed by atoms with Crippen molar-refractivity contribution >= 4 is 32.8 Å². The number of aromatic nitrogens is 1. The summed E-state index contributed by atoms with van der Waals surface area (Å²) in [5.74, 6) is 0.323. The van der Waals surface area contributed by atoms with Crippen molar-refractivity contribution in [3.05, 3.63) is 47.0 Å². The minimum Gasteiger partial charge on any atom is -0.436 e. The van der Waals surface area contributed by atoms with Crippen molar-refractivity contribution < 1.29 is 17.0 Å². The highest BCUT2D eigenvalue weighted by Crippen LogP contribution is 2.35. The summed E-state index contributed by atoms with van der Waals surface area (Å²) in [4.78, 5) is 4.46. The number of halogens is 1. The van der Waals surface area contributed by atoms with E-state index in [-0.39, 0.29) is 17.4 Å². The van der Waals surface area contributed by atoms with Gasteiger partial charge in [-0.15, -0.1) is 0 Å². The molecule has 24 heavy (non-hydrogen) atoms. The van der Waals surface area contributed by atoms with E-state index in [1.807, 2.05) is 25.1 Å². The van der Waals surface area contributed by atoms with E-state index in [2.05, 4.69) is 4.98 Å². The second-order valence-corrected chi connectivity index (χ2v) is 7.55. The molecule has 0 aliphatic carbocycles. The molecule has 0 fully saturated rings. The van der Waals surface area contributed by atoms with Gasteiger partial charge in [0.2, 0.25) is 5.89 Å². The van der Waals surface area contributed by atoms with Crippen LogP contribution in [0, 0.1) is 6.92 Å². The molecule has 0 N–H and O–H groups in total. The molecule has 0 aliphatic rings. The molecule has 0 amide bonds. The molecule has 0 saturated carbocycles. The molecule has 0 spiro atoms. The maximum atomic E-state index is 12.0. The van der Waals surface area contributed by atoms with Crippen molar-refractivity contribution in [2.45, 2.75) is 20.3 Å². The van der Waals surface area contributed by atoms with Crippen LogP contribution < -0.4 is 4.18 Å². The monoisotopic (exact) mass is 365 g/mol. The van der Waals surface area contributed by atoms with Crippen LogP contribution in [0.3, 0.4) is 0 Å². The third kappa shape index (κ3) is 3.39. The van der Waals surface area contributed by atoms with Gasteiger partial charge in [-0.3, -0.25) is 0 Å². The van der Waals surface area contributed by atoms with Crippen LogP contribution in [0.25, 0.3) is 22.6 Å². The molecule has 2 aromatic carbocycles. The minimum atomic E-state index is -3.70. The SMILES string of the molecule is CCCS(=O)(=O)Oc1cc(Cl)ccc1-c1nc2c(C)cccc2o1. The van der Waals surface area contributed by atoms with Gasteiger partial charge in [-0.1, -0.05) is 30.7 Å². The van der Waals surface area contributed by atoms with Gasteiger partial charge < -0.3 is 8.60 Å². The molecule has 7 heteroatoms. The fraction of sp³-hybridized carbons (Fsp3) is 0.235. The Hall–Kier alpha value is -2.05. The lowest BCUT2D eigenvalue weighted by molar-refractivity contribution is 0.484. The molecule has 0 bridgehead atoms. The third-order valence-corrected chi connectivity index (χ3v) is 5.04. The Morgan fingerprint density at radius 2 is 2.04 bits per heavy atom. The van der Waals surface area contributed by atoms with E-state index in [0.29, 0.717) is 22.6 Å². The number of nitrogens with zero attached hydrogens (tertiary/aromatic N) is 1. The molecule has 126 valence electrons. The Labute approximate surface area is 145 Å². The zero-order chi connectivity index (χ0) is 17.3. The minimum absolute atomic E-state index is 0.0778. The number of para-hydroxylation sites is 1. The number of hydrogen-bond acceptors (Lipinski definition) is 5. The van der Waals surface area contributed by atoms with E-state index in [0.717, 1.165) is 11.1 Å². The average molecular weight is 366 g/mol. The summed E-state index contributed by atoms with van der Waals surface area (Å²) in [7, 11) is -3.70. The molecule has 0 atom stereocenters. The van der Waals surface area contributed by atoms with E-state index in [1.54, 1.807) is 19.1 Å². The van der Waals surface area contributed by atoms with E-state index in [4.69, 9.17) is 20.2 Å². The van der Waals surface area contributed by atoms with Gasteiger partial charge in [0.25, 0.3) is 0 Å². The number of rotatable bonds is 5. The first kappa shape index (κ1) is 16.8. The molecule has 1 aromatic heterocycles. The van der Waals surface area contributed by atoms with Crippen LogP contribution in [-0.4, -0.2) is 19.2 Å². The summed E-state index contributed by atoms with van der Waals surface area (Å²) >= 11 is 5.99. The normalized spacial score (nSPS) is 11.8. The number of benzene rings is 2. The standard InChI is InChI=1S/C17H16ClNO4S/c1-3-9-24(20,21)23-15-10-12(18)7-8-13(15)17-19-16-11(2)5-4-6-14(16)22-17/h4-8,10H,3,9H2,1-2H3. The molecular weight excluding hydrogens is 350 g/mol. The Bertz CT molecular complexity index is 995. The van der Waals surface area contributed by atoms with Crippen molar-refractivity contribution in [1.29, 1.82) is 0 Å². The van der Waals surface area contributed by atoms with Gasteiger partial charge in [0, 0.05) is 11.1 Å². The summed E-state index contributed by atoms with van der Waals surface area (Å²) in [6.07, 6.45) is 0.459. The van der Waals surface area contributed by atoms with E-state index in [9.17, 15) is 8.42 Å². The molecule has 0 saturated heterocycles. The van der Waals surface area contributed by atoms with Crippen LogP contribution in [0.1, 0.15) is 18.9 Å². The van der Waals surface area contributed by atoms with Gasteiger partial charge in [0.15, 0.2) is 11.3 Å². The highest BCUT2D eigenvalue weighted by atomic mass is 35.5. The first-order valence-corrected chi connectivity index (χ1v) is 9.43. The quantitative estimate of drug-likeness (QED) is 0.619. The summed E-state index contributed by atoms with van der Waals surface area (Å²) < 4.78 is 35.0. The van der Waals surface area contributed by atoms with Gasteiger partial charge in [0.1, 0.15) is 5.52 Å². The maximum absolute atomic E-state index is 12.0. The molecule has 3 aromatic rings. The summed E-state index contributed by atoms with van der Waals surface area (Å²) in [5.41, 5.74) is 2.76. The Balaban J connectivity index is 2.11. The van der Waals surface area contributed by atoms with Crippen LogP contribution in [0.2, 0.25) is 5.02 Å². The Kier molecular flexibility index (Phi) is 4.51. The van der Waals surface area contributed by atoms with Crippen molar-refractivity contribution in [3.63, 3.8) is 0 Å². The summed E-state index contributed by atoms with van der Waals surface area (Å²) in [6.45, 7) is 3.70. The molecule has 0 radical (unpaired) electrons. The van der Waals surface area contributed by atoms with Gasteiger partial charge >= 0.3 is 10.1 Å². The lowest BCUT2D eigenvalue weighted by Crippen LogP contribution is -2.13. The van der Waals surface area contributed by atoms with Gasteiger partial charge in [-0.25, -0.2) is 4.98 Å². The fourth-order valence-electron chi connectivity index (χ4n) is 2.37.